The lowest BCUT2D eigenvalue weighted by atomic mass is 10.1. The van der Waals surface area contributed by atoms with E-state index in [1.807, 2.05) is 0 Å². The monoisotopic (exact) mass is 312 g/mol. The van der Waals surface area contributed by atoms with Crippen LogP contribution in [0.15, 0.2) is 24.3 Å². The number of amides is 2. The molecule has 0 spiro atoms. The molecule has 0 aliphatic carbocycles. The molecule has 1 heterocycles. The quantitative estimate of drug-likeness (QED) is 0.743. The number of benzene rings is 1. The maximum absolute atomic E-state index is 11.6. The molecule has 2 amide bonds. The van der Waals surface area contributed by atoms with Crippen molar-refractivity contribution in [2.24, 2.45) is 0 Å². The van der Waals surface area contributed by atoms with Gasteiger partial charge in [-0.2, -0.15) is 0 Å². The van der Waals surface area contributed by atoms with E-state index in [-0.39, 0.29) is 29.7 Å². The van der Waals surface area contributed by atoms with E-state index in [1.165, 1.54) is 12.1 Å². The first-order valence-electron chi connectivity index (χ1n) is 6.43. The van der Waals surface area contributed by atoms with Crippen LogP contribution in [0.3, 0.4) is 0 Å². The molecule has 1 unspecified atom stereocenters. The standard InChI is InChI=1S/C13H16N2O5S/c16-12(17)10-3-1-9(2-4-10)7-14-13(18)15-11-5-6-21(19,20)8-11/h1-4,11H,5-8H2,(H,16,17)(H2,14,15,18). The first-order chi connectivity index (χ1) is 9.85. The first-order valence-corrected chi connectivity index (χ1v) is 8.25. The fourth-order valence-corrected chi connectivity index (χ4v) is 3.77. The van der Waals surface area contributed by atoms with Gasteiger partial charge in [0.15, 0.2) is 9.84 Å². The molecule has 114 valence electrons. The third-order valence-electron chi connectivity index (χ3n) is 3.22. The molecule has 2 rings (SSSR count). The molecule has 0 aromatic heterocycles. The van der Waals surface area contributed by atoms with Crippen molar-refractivity contribution in [2.75, 3.05) is 11.5 Å². The Morgan fingerprint density at radius 3 is 2.43 bits per heavy atom. The number of carboxylic acid groups (broad SMARTS) is 1. The van der Waals surface area contributed by atoms with Crippen LogP contribution in [0.2, 0.25) is 0 Å². The molecule has 3 N–H and O–H groups in total. The van der Waals surface area contributed by atoms with Crippen LogP contribution in [-0.2, 0) is 16.4 Å². The Morgan fingerprint density at radius 1 is 1.24 bits per heavy atom. The molecule has 1 saturated heterocycles. The second-order valence-electron chi connectivity index (χ2n) is 4.93. The van der Waals surface area contributed by atoms with Crippen molar-refractivity contribution >= 4 is 21.8 Å². The molecule has 21 heavy (non-hydrogen) atoms. The number of hydrogen-bond acceptors (Lipinski definition) is 4. The van der Waals surface area contributed by atoms with Crippen molar-refractivity contribution < 1.29 is 23.1 Å². The number of sulfone groups is 1. The van der Waals surface area contributed by atoms with Gasteiger partial charge < -0.3 is 15.7 Å². The summed E-state index contributed by atoms with van der Waals surface area (Å²) in [5.41, 5.74) is 0.938. The van der Waals surface area contributed by atoms with Crippen molar-refractivity contribution in [2.45, 2.75) is 19.0 Å². The number of aromatic carboxylic acids is 1. The highest BCUT2D eigenvalue weighted by molar-refractivity contribution is 7.91. The van der Waals surface area contributed by atoms with Crippen molar-refractivity contribution in [3.8, 4) is 0 Å². The average molecular weight is 312 g/mol. The first kappa shape index (κ1) is 15.3. The van der Waals surface area contributed by atoms with Gasteiger partial charge in [0.2, 0.25) is 0 Å². The summed E-state index contributed by atoms with van der Waals surface area (Å²) in [7, 11) is -3.02. The summed E-state index contributed by atoms with van der Waals surface area (Å²) < 4.78 is 22.5. The van der Waals surface area contributed by atoms with E-state index in [4.69, 9.17) is 5.11 Å². The van der Waals surface area contributed by atoms with Gasteiger partial charge in [-0.25, -0.2) is 18.0 Å². The zero-order valence-electron chi connectivity index (χ0n) is 11.2. The summed E-state index contributed by atoms with van der Waals surface area (Å²) in [6, 6.07) is 5.37. The molecule has 1 aliphatic heterocycles. The molecule has 1 aromatic rings. The highest BCUT2D eigenvalue weighted by Gasteiger charge is 2.28. The van der Waals surface area contributed by atoms with Gasteiger partial charge in [-0.1, -0.05) is 12.1 Å². The molecular weight excluding hydrogens is 296 g/mol. The predicted molar refractivity (Wildman–Crippen MR) is 75.8 cm³/mol. The smallest absolute Gasteiger partial charge is 0.335 e. The van der Waals surface area contributed by atoms with Crippen LogP contribution >= 0.6 is 0 Å². The lowest BCUT2D eigenvalue weighted by Gasteiger charge is -2.12. The van der Waals surface area contributed by atoms with E-state index in [2.05, 4.69) is 10.6 Å². The Bertz CT molecular complexity index is 639. The largest absolute Gasteiger partial charge is 0.478 e. The molecule has 0 bridgehead atoms. The fourth-order valence-electron chi connectivity index (χ4n) is 2.09. The van der Waals surface area contributed by atoms with Crippen molar-refractivity contribution in [1.29, 1.82) is 0 Å². The lowest BCUT2D eigenvalue weighted by molar-refractivity contribution is 0.0697. The normalized spacial score (nSPS) is 19.9. The van der Waals surface area contributed by atoms with Gasteiger partial charge >= 0.3 is 12.0 Å². The van der Waals surface area contributed by atoms with Crippen LogP contribution in [0, 0.1) is 0 Å². The molecule has 7 nitrogen and oxygen atoms in total. The fraction of sp³-hybridized carbons (Fsp3) is 0.385. The SMILES string of the molecule is O=C(NCc1ccc(C(=O)O)cc1)NC1CCS(=O)(=O)C1. The van der Waals surface area contributed by atoms with Crippen molar-refractivity contribution in [1.82, 2.24) is 10.6 Å². The summed E-state index contributed by atoms with van der Waals surface area (Å²) in [5, 5.41) is 14.0. The van der Waals surface area contributed by atoms with E-state index in [0.29, 0.717) is 6.42 Å². The Labute approximate surface area is 122 Å². The van der Waals surface area contributed by atoms with Crippen LogP contribution in [0.25, 0.3) is 0 Å². The van der Waals surface area contributed by atoms with E-state index >= 15 is 0 Å². The maximum atomic E-state index is 11.6. The second-order valence-corrected chi connectivity index (χ2v) is 7.16. The van der Waals surface area contributed by atoms with E-state index < -0.39 is 21.8 Å². The Morgan fingerprint density at radius 2 is 1.90 bits per heavy atom. The Balaban J connectivity index is 1.80. The summed E-state index contributed by atoms with van der Waals surface area (Å²) in [6.45, 7) is 0.241. The number of carboxylic acids is 1. The molecule has 0 saturated carbocycles. The zero-order valence-corrected chi connectivity index (χ0v) is 12.0. The van der Waals surface area contributed by atoms with Crippen LogP contribution < -0.4 is 10.6 Å². The molecule has 1 fully saturated rings. The summed E-state index contributed by atoms with van der Waals surface area (Å²) in [6.07, 6.45) is 0.434. The molecule has 8 heteroatoms. The summed E-state index contributed by atoms with van der Waals surface area (Å²) in [5.74, 6) is -0.919. The number of rotatable bonds is 4. The second kappa shape index (κ2) is 6.13. The van der Waals surface area contributed by atoms with Crippen LogP contribution in [0.1, 0.15) is 22.3 Å². The zero-order chi connectivity index (χ0) is 15.5. The minimum absolute atomic E-state index is 0.0201. The topological polar surface area (TPSA) is 113 Å². The lowest BCUT2D eigenvalue weighted by Crippen LogP contribution is -2.42. The van der Waals surface area contributed by atoms with E-state index in [1.54, 1.807) is 12.1 Å². The highest BCUT2D eigenvalue weighted by atomic mass is 32.2. The van der Waals surface area contributed by atoms with E-state index in [9.17, 15) is 18.0 Å². The van der Waals surface area contributed by atoms with Crippen LogP contribution in [-0.4, -0.2) is 43.1 Å². The van der Waals surface area contributed by atoms with Crippen molar-refractivity contribution in [3.05, 3.63) is 35.4 Å². The maximum Gasteiger partial charge on any atom is 0.335 e. The van der Waals surface area contributed by atoms with Gasteiger partial charge in [-0.05, 0) is 24.1 Å². The summed E-state index contributed by atoms with van der Waals surface area (Å²) >= 11 is 0. The van der Waals surface area contributed by atoms with Crippen molar-refractivity contribution in [3.63, 3.8) is 0 Å². The number of carbonyl (C=O) groups excluding carboxylic acids is 1. The predicted octanol–water partition coefficient (Wildman–Crippen LogP) is 0.371. The molecule has 1 atom stereocenters. The number of urea groups is 1. The van der Waals surface area contributed by atoms with Gasteiger partial charge in [-0.15, -0.1) is 0 Å². The number of carbonyl (C=O) groups is 2. The van der Waals surface area contributed by atoms with Gasteiger partial charge in [-0.3, -0.25) is 0 Å². The minimum atomic E-state index is -3.02. The third-order valence-corrected chi connectivity index (χ3v) is 4.99. The van der Waals surface area contributed by atoms with Crippen LogP contribution in [0.4, 0.5) is 4.79 Å². The molecule has 1 aliphatic rings. The third kappa shape index (κ3) is 4.45. The van der Waals surface area contributed by atoms with Gasteiger partial charge in [0.25, 0.3) is 0 Å². The number of nitrogens with one attached hydrogen (secondary N) is 2. The van der Waals surface area contributed by atoms with Gasteiger partial charge in [0, 0.05) is 12.6 Å². The Kier molecular flexibility index (Phi) is 4.46. The van der Waals surface area contributed by atoms with Crippen LogP contribution in [0.5, 0.6) is 0 Å². The minimum Gasteiger partial charge on any atom is -0.478 e. The van der Waals surface area contributed by atoms with Gasteiger partial charge in [0.1, 0.15) is 0 Å². The Hall–Kier alpha value is -2.09. The average Bonchev–Trinajstić information content (AvgIpc) is 2.76. The number of hydrogen-bond donors (Lipinski definition) is 3. The summed E-state index contributed by atoms with van der Waals surface area (Å²) in [4.78, 5) is 22.3. The molecule has 1 aromatic carbocycles. The molecular formula is C13H16N2O5S. The van der Waals surface area contributed by atoms with E-state index in [0.717, 1.165) is 5.56 Å². The molecule has 0 radical (unpaired) electrons. The highest BCUT2D eigenvalue weighted by Crippen LogP contribution is 2.11. The van der Waals surface area contributed by atoms with Gasteiger partial charge in [0.05, 0.1) is 17.1 Å².